The average molecular weight is 166 g/mol. The maximum Gasteiger partial charge on any atom is 0.227 e. The van der Waals surface area contributed by atoms with Gasteiger partial charge in [-0.25, -0.2) is 0 Å². The van der Waals surface area contributed by atoms with Crippen LogP contribution in [0.2, 0.25) is 0 Å². The van der Waals surface area contributed by atoms with Gasteiger partial charge >= 0.3 is 0 Å². The number of likely N-dealkylation sites (N-methyl/N-ethyl adjacent to an activating group) is 1. The Hall–Kier alpha value is -1.25. The normalized spacial score (nSPS) is 25.5. The Morgan fingerprint density at radius 3 is 2.67 bits per heavy atom. The largest absolute Gasteiger partial charge is 0.404 e. The van der Waals surface area contributed by atoms with Crippen LogP contribution in [0.25, 0.3) is 0 Å². The van der Waals surface area contributed by atoms with E-state index in [1.807, 2.05) is 13.0 Å². The lowest BCUT2D eigenvalue weighted by Gasteiger charge is -2.26. The van der Waals surface area contributed by atoms with Crippen LogP contribution in [0.3, 0.4) is 0 Å². The molecule has 0 aromatic carbocycles. The summed E-state index contributed by atoms with van der Waals surface area (Å²) in [6.07, 6.45) is 4.01. The summed E-state index contributed by atoms with van der Waals surface area (Å²) >= 11 is 0. The molecular weight excluding hydrogens is 152 g/mol. The van der Waals surface area contributed by atoms with Gasteiger partial charge in [-0.15, -0.1) is 0 Å². The fourth-order valence-corrected chi connectivity index (χ4v) is 1.30. The number of nitrogens with two attached hydrogens (primary N) is 1. The highest BCUT2D eigenvalue weighted by Crippen LogP contribution is 2.20. The molecule has 0 radical (unpaired) electrons. The SMILES string of the molecule is C/C=C1/CC(=O)N(C)C/C1=C/N. The quantitative estimate of drug-likeness (QED) is 0.574. The van der Waals surface area contributed by atoms with Gasteiger partial charge in [0.15, 0.2) is 0 Å². The molecule has 0 unspecified atom stereocenters. The Balaban J connectivity index is 2.86. The molecule has 1 aliphatic heterocycles. The molecule has 1 fully saturated rings. The van der Waals surface area contributed by atoms with E-state index >= 15 is 0 Å². The van der Waals surface area contributed by atoms with Gasteiger partial charge in [-0.3, -0.25) is 4.79 Å². The molecule has 0 atom stereocenters. The fourth-order valence-electron chi connectivity index (χ4n) is 1.30. The van der Waals surface area contributed by atoms with Gasteiger partial charge in [0, 0.05) is 13.6 Å². The highest BCUT2D eigenvalue weighted by atomic mass is 16.2. The number of carbonyl (C=O) groups is 1. The van der Waals surface area contributed by atoms with Crippen LogP contribution in [0.1, 0.15) is 13.3 Å². The number of piperidine rings is 1. The van der Waals surface area contributed by atoms with Crippen LogP contribution in [-0.2, 0) is 4.79 Å². The third kappa shape index (κ3) is 1.49. The smallest absolute Gasteiger partial charge is 0.227 e. The van der Waals surface area contributed by atoms with Crippen molar-refractivity contribution >= 4 is 5.91 Å². The number of likely N-dealkylation sites (tertiary alicyclic amines) is 1. The molecule has 0 spiro atoms. The van der Waals surface area contributed by atoms with Crippen LogP contribution in [-0.4, -0.2) is 24.4 Å². The van der Waals surface area contributed by atoms with Crippen molar-refractivity contribution in [2.24, 2.45) is 5.73 Å². The van der Waals surface area contributed by atoms with Gasteiger partial charge < -0.3 is 10.6 Å². The minimum Gasteiger partial charge on any atom is -0.404 e. The first kappa shape index (κ1) is 8.84. The molecule has 1 rings (SSSR count). The molecule has 66 valence electrons. The van der Waals surface area contributed by atoms with Crippen molar-refractivity contribution in [3.05, 3.63) is 23.4 Å². The molecule has 0 bridgehead atoms. The minimum atomic E-state index is 0.161. The standard InChI is InChI=1S/C9H14N2O/c1-3-7-4-9(12)11(2)6-8(7)5-10/h3,5H,4,6,10H2,1-2H3/b7-3-,8-5-. The van der Waals surface area contributed by atoms with Crippen LogP contribution in [0.4, 0.5) is 0 Å². The lowest BCUT2D eigenvalue weighted by Crippen LogP contribution is -2.34. The Kier molecular flexibility index (Phi) is 2.53. The Morgan fingerprint density at radius 1 is 1.50 bits per heavy atom. The zero-order valence-electron chi connectivity index (χ0n) is 7.50. The predicted octanol–water partition coefficient (Wildman–Crippen LogP) is 0.637. The first-order valence-electron chi connectivity index (χ1n) is 3.99. The van der Waals surface area contributed by atoms with Gasteiger partial charge in [-0.2, -0.15) is 0 Å². The molecule has 0 aliphatic carbocycles. The Bertz CT molecular complexity index is 253. The molecule has 12 heavy (non-hydrogen) atoms. The van der Waals surface area contributed by atoms with E-state index in [0.29, 0.717) is 13.0 Å². The van der Waals surface area contributed by atoms with E-state index in [-0.39, 0.29) is 5.91 Å². The number of hydrogen-bond donors (Lipinski definition) is 1. The van der Waals surface area contributed by atoms with Crippen molar-refractivity contribution in [2.45, 2.75) is 13.3 Å². The molecular formula is C9H14N2O. The Morgan fingerprint density at radius 2 is 2.17 bits per heavy atom. The van der Waals surface area contributed by atoms with Crippen molar-refractivity contribution < 1.29 is 4.79 Å². The van der Waals surface area contributed by atoms with Crippen molar-refractivity contribution in [1.82, 2.24) is 4.90 Å². The lowest BCUT2D eigenvalue weighted by molar-refractivity contribution is -0.129. The first-order valence-corrected chi connectivity index (χ1v) is 3.99. The zero-order valence-corrected chi connectivity index (χ0v) is 7.50. The van der Waals surface area contributed by atoms with Gasteiger partial charge in [0.1, 0.15) is 0 Å². The number of amides is 1. The Labute approximate surface area is 72.5 Å². The van der Waals surface area contributed by atoms with E-state index < -0.39 is 0 Å². The maximum absolute atomic E-state index is 11.2. The second-order valence-corrected chi connectivity index (χ2v) is 2.93. The van der Waals surface area contributed by atoms with Gasteiger partial charge in [0.25, 0.3) is 0 Å². The summed E-state index contributed by atoms with van der Waals surface area (Å²) < 4.78 is 0. The molecule has 0 aromatic heterocycles. The molecule has 1 aliphatic rings. The van der Waals surface area contributed by atoms with Crippen LogP contribution < -0.4 is 5.73 Å². The molecule has 2 N–H and O–H groups in total. The summed E-state index contributed by atoms with van der Waals surface area (Å²) in [5, 5.41) is 0. The topological polar surface area (TPSA) is 46.3 Å². The van der Waals surface area contributed by atoms with E-state index in [1.165, 1.54) is 0 Å². The second-order valence-electron chi connectivity index (χ2n) is 2.93. The van der Waals surface area contributed by atoms with Crippen LogP contribution >= 0.6 is 0 Å². The molecule has 1 amide bonds. The lowest BCUT2D eigenvalue weighted by atomic mass is 9.98. The summed E-state index contributed by atoms with van der Waals surface area (Å²) in [6, 6.07) is 0. The van der Waals surface area contributed by atoms with Crippen LogP contribution in [0.5, 0.6) is 0 Å². The van der Waals surface area contributed by atoms with Gasteiger partial charge in [0.2, 0.25) is 5.91 Å². The van der Waals surface area contributed by atoms with E-state index in [9.17, 15) is 4.79 Å². The monoisotopic (exact) mass is 166 g/mol. The van der Waals surface area contributed by atoms with E-state index in [1.54, 1.807) is 18.1 Å². The zero-order chi connectivity index (χ0) is 9.14. The number of nitrogens with zero attached hydrogens (tertiary/aromatic N) is 1. The summed E-state index contributed by atoms with van der Waals surface area (Å²) in [4.78, 5) is 12.9. The average Bonchev–Trinajstić information content (AvgIpc) is 2.09. The van der Waals surface area contributed by atoms with E-state index in [0.717, 1.165) is 11.1 Å². The third-order valence-electron chi connectivity index (χ3n) is 2.14. The molecule has 1 saturated heterocycles. The van der Waals surface area contributed by atoms with Crippen molar-refractivity contribution in [3.8, 4) is 0 Å². The molecule has 3 nitrogen and oxygen atoms in total. The molecule has 0 aromatic rings. The maximum atomic E-state index is 11.2. The first-order chi connectivity index (χ1) is 5.69. The van der Waals surface area contributed by atoms with Gasteiger partial charge in [0.05, 0.1) is 6.42 Å². The predicted molar refractivity (Wildman–Crippen MR) is 48.3 cm³/mol. The van der Waals surface area contributed by atoms with Crippen molar-refractivity contribution in [1.29, 1.82) is 0 Å². The van der Waals surface area contributed by atoms with Gasteiger partial charge in [-0.1, -0.05) is 6.08 Å². The third-order valence-corrected chi connectivity index (χ3v) is 2.14. The van der Waals surface area contributed by atoms with E-state index in [4.69, 9.17) is 5.73 Å². The van der Waals surface area contributed by atoms with Crippen molar-refractivity contribution in [3.63, 3.8) is 0 Å². The van der Waals surface area contributed by atoms with Gasteiger partial charge in [-0.05, 0) is 24.3 Å². The summed E-state index contributed by atoms with van der Waals surface area (Å²) in [5.74, 6) is 0.161. The fraction of sp³-hybridized carbons (Fsp3) is 0.444. The van der Waals surface area contributed by atoms with Crippen molar-refractivity contribution in [2.75, 3.05) is 13.6 Å². The summed E-state index contributed by atoms with van der Waals surface area (Å²) in [7, 11) is 1.79. The molecule has 1 heterocycles. The summed E-state index contributed by atoms with van der Waals surface area (Å²) in [6.45, 7) is 2.56. The molecule has 3 heteroatoms. The highest BCUT2D eigenvalue weighted by molar-refractivity contribution is 5.82. The minimum absolute atomic E-state index is 0.161. The summed E-state index contributed by atoms with van der Waals surface area (Å²) in [5.41, 5.74) is 7.55. The highest BCUT2D eigenvalue weighted by Gasteiger charge is 2.20. The van der Waals surface area contributed by atoms with E-state index in [2.05, 4.69) is 0 Å². The number of carbonyl (C=O) groups excluding carboxylic acids is 1. The van der Waals surface area contributed by atoms with Crippen LogP contribution in [0, 0.1) is 0 Å². The number of rotatable bonds is 0. The second kappa shape index (κ2) is 3.43. The number of hydrogen-bond acceptors (Lipinski definition) is 2. The number of allylic oxidation sites excluding steroid dienone is 1. The molecule has 0 saturated carbocycles. The van der Waals surface area contributed by atoms with Crippen LogP contribution in [0.15, 0.2) is 23.4 Å².